The van der Waals surface area contributed by atoms with E-state index < -0.39 is 0 Å². The number of nitrogens with zero attached hydrogens (tertiary/aromatic N) is 1. The number of para-hydroxylation sites is 1. The van der Waals surface area contributed by atoms with E-state index in [2.05, 4.69) is 75.5 Å². The second-order valence-electron chi connectivity index (χ2n) is 4.89. The van der Waals surface area contributed by atoms with E-state index in [1.54, 1.807) is 0 Å². The minimum absolute atomic E-state index is 0.944. The Morgan fingerprint density at radius 3 is 2.84 bits per heavy atom. The van der Waals surface area contributed by atoms with Crippen molar-refractivity contribution in [2.45, 2.75) is 13.5 Å². The van der Waals surface area contributed by atoms with Gasteiger partial charge in [-0.1, -0.05) is 40.2 Å². The van der Waals surface area contributed by atoms with Crippen LogP contribution in [0.15, 0.2) is 46.9 Å². The largest absolute Gasteiger partial charge is 0.340 e. The zero-order valence-electron chi connectivity index (χ0n) is 11.0. The second-order valence-corrected chi connectivity index (χ2v) is 5.74. The van der Waals surface area contributed by atoms with Gasteiger partial charge in [-0.25, -0.2) is 0 Å². The van der Waals surface area contributed by atoms with Crippen molar-refractivity contribution >= 4 is 27.3 Å². The van der Waals surface area contributed by atoms with Gasteiger partial charge in [-0.3, -0.25) is 0 Å². The Labute approximate surface area is 122 Å². The van der Waals surface area contributed by atoms with Gasteiger partial charge in [0.05, 0.1) is 0 Å². The van der Waals surface area contributed by atoms with Crippen LogP contribution in [0.1, 0.15) is 11.1 Å². The average Bonchev–Trinajstić information content (AvgIpc) is 2.64. The fourth-order valence-corrected chi connectivity index (χ4v) is 2.84. The van der Waals surface area contributed by atoms with E-state index in [0.29, 0.717) is 0 Å². The molecule has 2 nitrogen and oxygen atoms in total. The number of halogens is 1. The molecule has 0 saturated heterocycles. The number of fused-ring (bicyclic) bond motifs is 1. The van der Waals surface area contributed by atoms with Gasteiger partial charge >= 0.3 is 0 Å². The third-order valence-electron chi connectivity index (χ3n) is 3.58. The molecule has 0 bridgehead atoms. The number of hydrogen-bond acceptors (Lipinski definition) is 2. The van der Waals surface area contributed by atoms with Crippen LogP contribution in [-0.2, 0) is 6.54 Å². The molecule has 3 heteroatoms. The van der Waals surface area contributed by atoms with Crippen LogP contribution >= 0.6 is 15.9 Å². The summed E-state index contributed by atoms with van der Waals surface area (Å²) >= 11 is 3.63. The number of nitrogens with one attached hydrogen (secondary N) is 1. The van der Waals surface area contributed by atoms with Crippen molar-refractivity contribution < 1.29 is 0 Å². The van der Waals surface area contributed by atoms with E-state index >= 15 is 0 Å². The van der Waals surface area contributed by atoms with Crippen LogP contribution in [0, 0.1) is 6.92 Å². The van der Waals surface area contributed by atoms with Crippen molar-refractivity contribution in [1.29, 1.82) is 0 Å². The highest BCUT2D eigenvalue weighted by Crippen LogP contribution is 2.32. The van der Waals surface area contributed by atoms with Crippen LogP contribution in [0.25, 0.3) is 0 Å². The molecule has 3 rings (SSSR count). The smallest absolute Gasteiger partial charge is 0.0456 e. The van der Waals surface area contributed by atoms with Gasteiger partial charge in [0.15, 0.2) is 0 Å². The Morgan fingerprint density at radius 2 is 2.00 bits per heavy atom. The lowest BCUT2D eigenvalue weighted by atomic mass is 10.1. The molecule has 19 heavy (non-hydrogen) atoms. The summed E-state index contributed by atoms with van der Waals surface area (Å²) in [5.74, 6) is 0. The predicted octanol–water partition coefficient (Wildman–Crippen LogP) is 4.00. The van der Waals surface area contributed by atoms with E-state index in [0.717, 1.165) is 19.6 Å². The number of aryl methyl sites for hydroxylation is 1. The zero-order chi connectivity index (χ0) is 13.2. The van der Waals surface area contributed by atoms with Gasteiger partial charge in [0.25, 0.3) is 0 Å². The van der Waals surface area contributed by atoms with E-state index in [-0.39, 0.29) is 0 Å². The molecule has 0 spiro atoms. The maximum atomic E-state index is 3.63. The molecule has 0 saturated carbocycles. The number of hydrogen-bond donors (Lipinski definition) is 1. The van der Waals surface area contributed by atoms with Crippen LogP contribution in [0.3, 0.4) is 0 Å². The van der Waals surface area contributed by atoms with Crippen molar-refractivity contribution in [3.8, 4) is 0 Å². The van der Waals surface area contributed by atoms with Gasteiger partial charge in [0.1, 0.15) is 0 Å². The van der Waals surface area contributed by atoms with Crippen LogP contribution in [0.5, 0.6) is 0 Å². The summed E-state index contributed by atoms with van der Waals surface area (Å²) in [6, 6.07) is 15.2. The summed E-state index contributed by atoms with van der Waals surface area (Å²) in [5, 5.41) is 3.48. The molecule has 2 aromatic rings. The molecule has 0 aromatic heterocycles. The lowest BCUT2D eigenvalue weighted by molar-refractivity contribution is 0.712. The first-order valence-corrected chi connectivity index (χ1v) is 7.37. The van der Waals surface area contributed by atoms with Crippen molar-refractivity contribution in [2.24, 2.45) is 0 Å². The van der Waals surface area contributed by atoms with Gasteiger partial charge in [-0.15, -0.1) is 0 Å². The molecule has 98 valence electrons. The van der Waals surface area contributed by atoms with Gasteiger partial charge in [-0.2, -0.15) is 0 Å². The highest BCUT2D eigenvalue weighted by molar-refractivity contribution is 9.10. The first-order chi connectivity index (χ1) is 9.25. The molecular weight excluding hydrogens is 300 g/mol. The molecule has 0 atom stereocenters. The maximum absolute atomic E-state index is 3.63. The van der Waals surface area contributed by atoms with Crippen LogP contribution in [-0.4, -0.2) is 13.1 Å². The lowest BCUT2D eigenvalue weighted by Crippen LogP contribution is -2.24. The molecular formula is C16H17BrN2. The monoisotopic (exact) mass is 316 g/mol. The summed E-state index contributed by atoms with van der Waals surface area (Å²) in [6.07, 6.45) is 0. The molecule has 1 aliphatic heterocycles. The summed E-state index contributed by atoms with van der Waals surface area (Å²) in [7, 11) is 0. The minimum Gasteiger partial charge on any atom is -0.340 e. The average molecular weight is 317 g/mol. The number of anilines is 2. The molecule has 0 amide bonds. The topological polar surface area (TPSA) is 15.3 Å². The number of rotatable bonds is 1. The molecule has 1 N–H and O–H groups in total. The van der Waals surface area contributed by atoms with Crippen molar-refractivity contribution in [1.82, 2.24) is 5.32 Å². The van der Waals surface area contributed by atoms with Gasteiger partial charge in [0.2, 0.25) is 0 Å². The van der Waals surface area contributed by atoms with Gasteiger partial charge < -0.3 is 10.2 Å². The lowest BCUT2D eigenvalue weighted by Gasteiger charge is -2.25. The van der Waals surface area contributed by atoms with Crippen LogP contribution in [0.2, 0.25) is 0 Å². The van der Waals surface area contributed by atoms with E-state index in [1.165, 1.54) is 27.0 Å². The molecule has 0 radical (unpaired) electrons. The summed E-state index contributed by atoms with van der Waals surface area (Å²) in [6.45, 7) is 5.05. The Bertz CT molecular complexity index is 595. The van der Waals surface area contributed by atoms with Crippen LogP contribution in [0.4, 0.5) is 11.4 Å². The van der Waals surface area contributed by atoms with E-state index in [9.17, 15) is 0 Å². The standard InChI is InChI=1S/C16H17BrN2/c1-12-6-7-14(10-15(12)17)19-9-8-18-11-13-4-2-3-5-16(13)19/h2-7,10,18H,8-9,11H2,1H3. The normalized spacial score (nSPS) is 14.9. The molecule has 0 unspecified atom stereocenters. The summed E-state index contributed by atoms with van der Waals surface area (Å²) < 4.78 is 1.17. The summed E-state index contributed by atoms with van der Waals surface area (Å²) in [4.78, 5) is 2.39. The first-order valence-electron chi connectivity index (χ1n) is 6.58. The van der Waals surface area contributed by atoms with Crippen LogP contribution < -0.4 is 10.2 Å². The molecule has 0 aliphatic carbocycles. The fraction of sp³-hybridized carbons (Fsp3) is 0.250. The molecule has 1 heterocycles. The quantitative estimate of drug-likeness (QED) is 0.855. The Morgan fingerprint density at radius 1 is 1.16 bits per heavy atom. The van der Waals surface area contributed by atoms with Gasteiger partial charge in [0, 0.05) is 35.5 Å². The van der Waals surface area contributed by atoms with Gasteiger partial charge in [-0.05, 0) is 36.2 Å². The third kappa shape index (κ3) is 2.53. The van der Waals surface area contributed by atoms with E-state index in [1.807, 2.05) is 0 Å². The highest BCUT2D eigenvalue weighted by atomic mass is 79.9. The Kier molecular flexibility index (Phi) is 3.58. The SMILES string of the molecule is Cc1ccc(N2CCNCc3ccccc32)cc1Br. The molecule has 0 fully saturated rings. The molecule has 2 aromatic carbocycles. The molecule has 1 aliphatic rings. The second kappa shape index (κ2) is 5.35. The zero-order valence-corrected chi connectivity index (χ0v) is 12.6. The van der Waals surface area contributed by atoms with Crippen molar-refractivity contribution in [2.75, 3.05) is 18.0 Å². The van der Waals surface area contributed by atoms with Crippen molar-refractivity contribution in [3.63, 3.8) is 0 Å². The Balaban J connectivity index is 2.06. The number of benzene rings is 2. The summed E-state index contributed by atoms with van der Waals surface area (Å²) in [5.41, 5.74) is 5.18. The minimum atomic E-state index is 0.944. The Hall–Kier alpha value is -1.32. The first kappa shape index (κ1) is 12.7. The maximum Gasteiger partial charge on any atom is 0.0456 e. The fourth-order valence-electron chi connectivity index (χ4n) is 2.48. The highest BCUT2D eigenvalue weighted by Gasteiger charge is 2.16. The van der Waals surface area contributed by atoms with Crippen molar-refractivity contribution in [3.05, 3.63) is 58.1 Å². The predicted molar refractivity (Wildman–Crippen MR) is 84.0 cm³/mol. The van der Waals surface area contributed by atoms with E-state index in [4.69, 9.17) is 0 Å². The third-order valence-corrected chi connectivity index (χ3v) is 4.43.